The summed E-state index contributed by atoms with van der Waals surface area (Å²) < 4.78 is 11.5. The smallest absolute Gasteiger partial charge is 0.215 e. The lowest BCUT2D eigenvalue weighted by atomic mass is 10.1. The topological polar surface area (TPSA) is 59.8 Å². The Morgan fingerprint density at radius 3 is 2.93 bits per heavy atom. The molecule has 3 aromatic rings. The number of benzene rings is 1. The minimum atomic E-state index is 0.511. The molecule has 2 aromatic heterocycles. The van der Waals surface area contributed by atoms with E-state index in [2.05, 4.69) is 51.0 Å². The van der Waals surface area contributed by atoms with Crippen LogP contribution in [0.15, 0.2) is 53.1 Å². The van der Waals surface area contributed by atoms with E-state index in [1.807, 2.05) is 30.1 Å². The number of thiazole rings is 1. The molecule has 0 radical (unpaired) electrons. The SMILES string of the molecule is Cc1cccc(C=NCc2cc(N3CCOCC3)cc(OCCc3cncs3)n2)c1. The summed E-state index contributed by atoms with van der Waals surface area (Å²) in [4.78, 5) is 16.9. The first-order chi connectivity index (χ1) is 14.8. The third kappa shape index (κ3) is 5.87. The fourth-order valence-electron chi connectivity index (χ4n) is 3.32. The van der Waals surface area contributed by atoms with E-state index in [4.69, 9.17) is 9.47 Å². The summed E-state index contributed by atoms with van der Waals surface area (Å²) in [7, 11) is 0. The van der Waals surface area contributed by atoms with Gasteiger partial charge in [-0.15, -0.1) is 11.3 Å². The van der Waals surface area contributed by atoms with Gasteiger partial charge in [0.15, 0.2) is 0 Å². The number of nitrogens with zero attached hydrogens (tertiary/aromatic N) is 4. The standard InChI is InChI=1S/C23H26N4O2S/c1-18-3-2-4-19(11-18)14-24-15-20-12-21(27-6-9-28-10-7-27)13-23(26-20)29-8-5-22-16-25-17-30-22/h2-4,11-14,16-17H,5-10,15H2,1H3. The highest BCUT2D eigenvalue weighted by Gasteiger charge is 2.14. The van der Waals surface area contributed by atoms with Crippen LogP contribution in [0.2, 0.25) is 0 Å². The second-order valence-corrected chi connectivity index (χ2v) is 8.18. The van der Waals surface area contributed by atoms with E-state index in [1.165, 1.54) is 10.4 Å². The van der Waals surface area contributed by atoms with Crippen LogP contribution in [0.5, 0.6) is 5.88 Å². The zero-order valence-electron chi connectivity index (χ0n) is 17.2. The maximum atomic E-state index is 5.99. The van der Waals surface area contributed by atoms with Crippen molar-refractivity contribution >= 4 is 23.2 Å². The molecule has 0 saturated carbocycles. The Morgan fingerprint density at radius 2 is 2.13 bits per heavy atom. The van der Waals surface area contributed by atoms with Crippen molar-refractivity contribution in [3.05, 3.63) is 69.8 Å². The van der Waals surface area contributed by atoms with Gasteiger partial charge < -0.3 is 14.4 Å². The normalized spacial score (nSPS) is 14.4. The number of rotatable bonds is 8. The number of aromatic nitrogens is 2. The molecule has 4 rings (SSSR count). The van der Waals surface area contributed by atoms with Crippen molar-refractivity contribution in [1.29, 1.82) is 0 Å². The van der Waals surface area contributed by atoms with Gasteiger partial charge in [-0.2, -0.15) is 0 Å². The Balaban J connectivity index is 1.47. The van der Waals surface area contributed by atoms with E-state index in [0.717, 1.165) is 49.7 Å². The molecule has 0 N–H and O–H groups in total. The Labute approximate surface area is 181 Å². The molecule has 0 unspecified atom stereocenters. The molecule has 156 valence electrons. The number of ether oxygens (including phenoxy) is 2. The van der Waals surface area contributed by atoms with Gasteiger partial charge in [-0.05, 0) is 18.6 Å². The molecule has 0 aliphatic carbocycles. The predicted octanol–water partition coefficient (Wildman–Crippen LogP) is 3.92. The van der Waals surface area contributed by atoms with E-state index >= 15 is 0 Å². The van der Waals surface area contributed by atoms with Crippen molar-refractivity contribution in [3.8, 4) is 5.88 Å². The van der Waals surface area contributed by atoms with Crippen LogP contribution in [-0.4, -0.2) is 49.1 Å². The van der Waals surface area contributed by atoms with Gasteiger partial charge in [0.2, 0.25) is 5.88 Å². The van der Waals surface area contributed by atoms with Crippen molar-refractivity contribution in [3.63, 3.8) is 0 Å². The summed E-state index contributed by atoms with van der Waals surface area (Å²) in [5, 5.41) is 0. The van der Waals surface area contributed by atoms with Crippen LogP contribution in [0.1, 0.15) is 21.7 Å². The highest BCUT2D eigenvalue weighted by atomic mass is 32.1. The van der Waals surface area contributed by atoms with E-state index in [0.29, 0.717) is 19.0 Å². The average molecular weight is 423 g/mol. The van der Waals surface area contributed by atoms with Crippen molar-refractivity contribution in [2.75, 3.05) is 37.8 Å². The van der Waals surface area contributed by atoms with Gasteiger partial charge in [0.05, 0.1) is 37.6 Å². The molecule has 7 heteroatoms. The van der Waals surface area contributed by atoms with E-state index in [9.17, 15) is 0 Å². The fraction of sp³-hybridized carbons (Fsp3) is 0.348. The van der Waals surface area contributed by atoms with Crippen molar-refractivity contribution in [1.82, 2.24) is 9.97 Å². The Morgan fingerprint density at radius 1 is 1.23 bits per heavy atom. The number of aliphatic imine (C=N–C) groups is 1. The molecule has 1 aliphatic heterocycles. The Bertz CT molecular complexity index is 969. The number of hydrogen-bond acceptors (Lipinski definition) is 7. The first kappa shape index (κ1) is 20.5. The molecular weight excluding hydrogens is 396 g/mol. The van der Waals surface area contributed by atoms with E-state index < -0.39 is 0 Å². The van der Waals surface area contributed by atoms with Crippen LogP contribution in [0, 0.1) is 6.92 Å². The van der Waals surface area contributed by atoms with Gasteiger partial charge in [0, 0.05) is 48.6 Å². The van der Waals surface area contributed by atoms with Gasteiger partial charge in [0.25, 0.3) is 0 Å². The van der Waals surface area contributed by atoms with Crippen LogP contribution in [-0.2, 0) is 17.7 Å². The summed E-state index contributed by atoms with van der Waals surface area (Å²) in [6.45, 7) is 6.40. The molecule has 1 saturated heterocycles. The fourth-order valence-corrected chi connectivity index (χ4v) is 3.90. The van der Waals surface area contributed by atoms with Gasteiger partial charge in [-0.25, -0.2) is 4.98 Å². The average Bonchev–Trinajstić information content (AvgIpc) is 3.28. The number of hydrogen-bond donors (Lipinski definition) is 0. The number of morpholine rings is 1. The van der Waals surface area contributed by atoms with Crippen molar-refractivity contribution in [2.24, 2.45) is 4.99 Å². The first-order valence-electron chi connectivity index (χ1n) is 10.2. The molecule has 0 spiro atoms. The summed E-state index contributed by atoms with van der Waals surface area (Å²) in [5.74, 6) is 0.643. The lowest BCUT2D eigenvalue weighted by Gasteiger charge is -2.29. The molecule has 30 heavy (non-hydrogen) atoms. The molecule has 0 bridgehead atoms. The van der Waals surface area contributed by atoms with E-state index in [1.54, 1.807) is 11.3 Å². The lowest BCUT2D eigenvalue weighted by Crippen LogP contribution is -2.36. The molecule has 1 aliphatic rings. The summed E-state index contributed by atoms with van der Waals surface area (Å²) in [5.41, 5.74) is 6.18. The molecule has 3 heterocycles. The second-order valence-electron chi connectivity index (χ2n) is 7.20. The quantitative estimate of drug-likeness (QED) is 0.515. The van der Waals surface area contributed by atoms with Crippen molar-refractivity contribution in [2.45, 2.75) is 19.9 Å². The van der Waals surface area contributed by atoms with Crippen LogP contribution in [0.3, 0.4) is 0 Å². The third-order valence-corrected chi connectivity index (χ3v) is 5.67. The summed E-state index contributed by atoms with van der Waals surface area (Å²) in [6, 6.07) is 12.4. The Hall–Kier alpha value is -2.77. The molecule has 1 fully saturated rings. The molecule has 1 aromatic carbocycles. The van der Waals surface area contributed by atoms with Gasteiger partial charge in [-0.3, -0.25) is 9.98 Å². The number of anilines is 1. The van der Waals surface area contributed by atoms with Gasteiger partial charge in [-0.1, -0.05) is 29.8 Å². The molecule has 0 amide bonds. The molecule has 0 atom stereocenters. The highest BCUT2D eigenvalue weighted by molar-refractivity contribution is 7.09. The zero-order valence-corrected chi connectivity index (χ0v) is 18.0. The monoisotopic (exact) mass is 422 g/mol. The van der Waals surface area contributed by atoms with Crippen LogP contribution >= 0.6 is 11.3 Å². The highest BCUT2D eigenvalue weighted by Crippen LogP contribution is 2.23. The van der Waals surface area contributed by atoms with Crippen LogP contribution in [0.25, 0.3) is 0 Å². The maximum absolute atomic E-state index is 5.99. The molecule has 6 nitrogen and oxygen atoms in total. The van der Waals surface area contributed by atoms with Gasteiger partial charge >= 0.3 is 0 Å². The molecular formula is C23H26N4O2S. The third-order valence-electron chi connectivity index (χ3n) is 4.83. The zero-order chi connectivity index (χ0) is 20.6. The maximum Gasteiger partial charge on any atom is 0.215 e. The van der Waals surface area contributed by atoms with Crippen LogP contribution in [0.4, 0.5) is 5.69 Å². The minimum Gasteiger partial charge on any atom is -0.477 e. The lowest BCUT2D eigenvalue weighted by molar-refractivity contribution is 0.122. The number of pyridine rings is 1. The van der Waals surface area contributed by atoms with Crippen LogP contribution < -0.4 is 9.64 Å². The second kappa shape index (κ2) is 10.3. The van der Waals surface area contributed by atoms with Gasteiger partial charge in [0.1, 0.15) is 0 Å². The van der Waals surface area contributed by atoms with E-state index in [-0.39, 0.29) is 0 Å². The largest absolute Gasteiger partial charge is 0.477 e. The minimum absolute atomic E-state index is 0.511. The predicted molar refractivity (Wildman–Crippen MR) is 121 cm³/mol. The summed E-state index contributed by atoms with van der Waals surface area (Å²) >= 11 is 1.64. The summed E-state index contributed by atoms with van der Waals surface area (Å²) in [6.07, 6.45) is 4.62. The Kier molecular flexibility index (Phi) is 7.05. The number of aryl methyl sites for hydroxylation is 1. The van der Waals surface area contributed by atoms with Crippen molar-refractivity contribution < 1.29 is 9.47 Å². The first-order valence-corrected chi connectivity index (χ1v) is 11.0.